The van der Waals surface area contributed by atoms with Crippen LogP contribution in [-0.4, -0.2) is 61.8 Å². The second kappa shape index (κ2) is 8.21. The number of carbonyl (C=O) groups is 1. The minimum atomic E-state index is 0.0314. The normalized spacial score (nSPS) is 24.5. The second-order valence-electron chi connectivity index (χ2n) is 8.55. The second-order valence-corrected chi connectivity index (χ2v) is 9.96. The van der Waals surface area contributed by atoms with Crippen molar-refractivity contribution in [3.63, 3.8) is 0 Å². The van der Waals surface area contributed by atoms with Gasteiger partial charge in [0.15, 0.2) is 0 Å². The molecule has 1 amide bonds. The van der Waals surface area contributed by atoms with Crippen LogP contribution in [-0.2, 0) is 11.2 Å². The fraction of sp³-hybridized carbons (Fsp3) is 0.435. The van der Waals surface area contributed by atoms with Gasteiger partial charge >= 0.3 is 0 Å². The van der Waals surface area contributed by atoms with E-state index in [2.05, 4.69) is 42.3 Å². The first-order valence-corrected chi connectivity index (χ1v) is 12.1. The summed E-state index contributed by atoms with van der Waals surface area (Å²) < 4.78 is 1.92. The number of rotatable bonds is 4. The lowest BCUT2D eigenvalue weighted by molar-refractivity contribution is -0.123. The van der Waals surface area contributed by atoms with Crippen molar-refractivity contribution in [3.8, 4) is 0 Å². The van der Waals surface area contributed by atoms with Crippen LogP contribution in [0, 0.1) is 6.92 Å². The number of carbonyl (C=O) groups excluding carboxylic acids is 1. The van der Waals surface area contributed by atoms with Crippen LogP contribution < -0.4 is 5.32 Å². The number of allylic oxidation sites excluding steroid dienone is 1. The van der Waals surface area contributed by atoms with Crippen LogP contribution in [0.25, 0.3) is 10.8 Å². The Labute approximate surface area is 184 Å². The number of hydrogen-bond acceptors (Lipinski definition) is 5. The van der Waals surface area contributed by atoms with E-state index in [-0.39, 0.29) is 11.7 Å². The van der Waals surface area contributed by atoms with Crippen molar-refractivity contribution in [1.82, 2.24) is 29.7 Å². The molecular weight excluding hydrogens is 407 g/mol. The predicted octanol–water partition coefficient (Wildman–Crippen LogP) is 2.88. The fourth-order valence-electron chi connectivity index (χ4n) is 4.50. The van der Waals surface area contributed by atoms with Gasteiger partial charge in [-0.25, -0.2) is 4.52 Å². The molecule has 2 unspecified atom stereocenters. The largest absolute Gasteiger partial charge is 0.368 e. The van der Waals surface area contributed by atoms with E-state index in [9.17, 15) is 4.79 Å². The van der Waals surface area contributed by atoms with Gasteiger partial charge in [0, 0.05) is 43.3 Å². The van der Waals surface area contributed by atoms with E-state index in [1.807, 2.05) is 28.7 Å². The van der Waals surface area contributed by atoms with Crippen LogP contribution in [0.1, 0.15) is 37.4 Å². The van der Waals surface area contributed by atoms with E-state index in [1.54, 1.807) is 6.08 Å². The van der Waals surface area contributed by atoms with Crippen molar-refractivity contribution in [2.75, 3.05) is 19.6 Å². The number of piperazine rings is 1. The molecule has 31 heavy (non-hydrogen) atoms. The molecule has 0 bridgehead atoms. The summed E-state index contributed by atoms with van der Waals surface area (Å²) >= 11 is 0. The van der Waals surface area contributed by atoms with Crippen molar-refractivity contribution in [2.45, 2.75) is 45.4 Å². The van der Waals surface area contributed by atoms with E-state index < -0.39 is 0 Å². The summed E-state index contributed by atoms with van der Waals surface area (Å²) in [4.78, 5) is 22.0. The molecule has 7 nitrogen and oxygen atoms in total. The Morgan fingerprint density at radius 3 is 3.03 bits per heavy atom. The number of aryl methyl sites for hydroxylation is 2. The average Bonchev–Trinajstić information content (AvgIpc) is 3.18. The lowest BCUT2D eigenvalue weighted by Gasteiger charge is -2.39. The molecule has 0 spiro atoms. The number of amides is 1. The van der Waals surface area contributed by atoms with Crippen LogP contribution in [0.4, 0.5) is 0 Å². The van der Waals surface area contributed by atoms with Gasteiger partial charge in [0.2, 0.25) is 0 Å². The van der Waals surface area contributed by atoms with Crippen molar-refractivity contribution in [1.29, 1.82) is 0 Å². The Hall–Kier alpha value is -2.50. The van der Waals surface area contributed by atoms with E-state index in [0.717, 1.165) is 66.1 Å². The summed E-state index contributed by atoms with van der Waals surface area (Å²) in [6, 6.07) is 2.55. The molecule has 3 aliphatic heterocycles. The summed E-state index contributed by atoms with van der Waals surface area (Å²) in [5, 5.41) is 9.29. The third-order valence-corrected chi connectivity index (χ3v) is 7.47. The summed E-state index contributed by atoms with van der Waals surface area (Å²) in [6.07, 6.45) is 12.1. The zero-order valence-corrected chi connectivity index (χ0v) is 19.3. The van der Waals surface area contributed by atoms with Gasteiger partial charge in [0.05, 0.1) is 40.3 Å². The Morgan fingerprint density at radius 2 is 2.23 bits per heavy atom. The zero-order chi connectivity index (χ0) is 21.5. The van der Waals surface area contributed by atoms with Gasteiger partial charge in [-0.3, -0.25) is 9.78 Å². The Kier molecular flexibility index (Phi) is 5.40. The van der Waals surface area contributed by atoms with E-state index in [4.69, 9.17) is 10.1 Å². The molecule has 5 heterocycles. The molecule has 1 N–H and O–H groups in total. The third kappa shape index (κ3) is 3.92. The van der Waals surface area contributed by atoms with Crippen molar-refractivity contribution >= 4 is 25.3 Å². The number of hydrogen-bond donors (Lipinski definition) is 1. The number of fused-ring (bicyclic) bond motifs is 2. The topological polar surface area (TPSA) is 65.8 Å². The predicted molar refractivity (Wildman–Crippen MR) is 125 cm³/mol. The summed E-state index contributed by atoms with van der Waals surface area (Å²) in [7, 11) is 0.467. The van der Waals surface area contributed by atoms with E-state index >= 15 is 0 Å². The molecule has 5 rings (SSSR count). The van der Waals surface area contributed by atoms with Gasteiger partial charge in [-0.2, -0.15) is 5.10 Å². The minimum Gasteiger partial charge on any atom is -0.368 e. The third-order valence-electron chi connectivity index (χ3n) is 5.99. The van der Waals surface area contributed by atoms with E-state index in [0.29, 0.717) is 14.6 Å². The summed E-state index contributed by atoms with van der Waals surface area (Å²) in [6.45, 7) is 9.25. The zero-order valence-electron chi connectivity index (χ0n) is 18.3. The maximum Gasteiger partial charge on any atom is 0.252 e. The lowest BCUT2D eigenvalue weighted by Crippen LogP contribution is -2.49. The molecule has 0 aromatic carbocycles. The van der Waals surface area contributed by atoms with Gasteiger partial charge in [0.25, 0.3) is 5.91 Å². The molecule has 8 heteroatoms. The molecule has 1 fully saturated rings. The van der Waals surface area contributed by atoms with Gasteiger partial charge in [-0.1, -0.05) is 28.0 Å². The summed E-state index contributed by atoms with van der Waals surface area (Å²) in [5.74, 6) is 0.0975. The van der Waals surface area contributed by atoms with Gasteiger partial charge < -0.3 is 15.1 Å². The van der Waals surface area contributed by atoms with Gasteiger partial charge in [-0.05, 0) is 32.4 Å². The van der Waals surface area contributed by atoms with Crippen molar-refractivity contribution in [2.24, 2.45) is 0 Å². The molecule has 0 aliphatic carbocycles. The Balaban J connectivity index is 1.43. The summed E-state index contributed by atoms with van der Waals surface area (Å²) in [5.41, 5.74) is 5.08. The van der Waals surface area contributed by atoms with E-state index in [1.165, 1.54) is 0 Å². The molecule has 3 aliphatic rings. The molecule has 0 saturated carbocycles. The highest BCUT2D eigenvalue weighted by Crippen LogP contribution is 2.44. The van der Waals surface area contributed by atoms with Gasteiger partial charge in [-0.15, -0.1) is 0 Å². The molecule has 1 saturated heterocycles. The van der Waals surface area contributed by atoms with Crippen LogP contribution in [0.5, 0.6) is 0 Å². The highest BCUT2D eigenvalue weighted by atomic mass is 31.1. The standard InChI is InChI=1S/C23H29N6OP/c1-4-5-18-20-10-19(26-29(20)13-16(3)25-18)21-11-22(30)28-14-17(6-7-23(28)31-21)27-9-8-24-15(2)12-27/h6-7,10-11,13-15,23-24,31H,4-5,8-9,12H2,1-3H3/t15-,23?/m1/s1. The Bertz CT molecular complexity index is 1120. The molecule has 162 valence electrons. The maximum atomic E-state index is 13.0. The average molecular weight is 437 g/mol. The minimum absolute atomic E-state index is 0.0314. The first-order valence-electron chi connectivity index (χ1n) is 11.1. The molecule has 2 aromatic rings. The first-order chi connectivity index (χ1) is 15.0. The van der Waals surface area contributed by atoms with Crippen LogP contribution in [0.2, 0.25) is 0 Å². The molecular formula is C23H29N6OP. The smallest absolute Gasteiger partial charge is 0.252 e. The molecule has 2 aromatic heterocycles. The van der Waals surface area contributed by atoms with Gasteiger partial charge in [0.1, 0.15) is 0 Å². The van der Waals surface area contributed by atoms with Crippen LogP contribution in [0.3, 0.4) is 0 Å². The van der Waals surface area contributed by atoms with Crippen molar-refractivity contribution in [3.05, 3.63) is 59.5 Å². The SMILES string of the molecule is CCCc1nc(C)cn2nc(C3=CC(=O)N4C=C(N5CCN[C@H](C)C5)C=CC4P3)cc12. The highest BCUT2D eigenvalue weighted by molar-refractivity contribution is 7.51. The number of nitrogens with one attached hydrogen (secondary N) is 1. The highest BCUT2D eigenvalue weighted by Gasteiger charge is 2.31. The van der Waals surface area contributed by atoms with Crippen LogP contribution in [0.15, 0.2) is 42.4 Å². The molecule has 3 atom stereocenters. The van der Waals surface area contributed by atoms with Crippen LogP contribution >= 0.6 is 8.58 Å². The Morgan fingerprint density at radius 1 is 1.35 bits per heavy atom. The number of nitrogens with zero attached hydrogens (tertiary/aromatic N) is 5. The fourth-order valence-corrected chi connectivity index (χ4v) is 5.83. The van der Waals surface area contributed by atoms with Crippen molar-refractivity contribution < 1.29 is 4.79 Å². The first kappa shape index (κ1) is 20.4. The molecule has 0 radical (unpaired) electrons. The quantitative estimate of drug-likeness (QED) is 0.747. The maximum absolute atomic E-state index is 13.0. The lowest BCUT2D eigenvalue weighted by atomic mass is 10.2. The number of aromatic nitrogens is 3. The monoisotopic (exact) mass is 436 g/mol.